The Bertz CT molecular complexity index is 651. The van der Waals surface area contributed by atoms with Crippen LogP contribution in [-0.2, 0) is 4.79 Å². The number of benzene rings is 2. The van der Waals surface area contributed by atoms with E-state index in [0.29, 0.717) is 15.7 Å². The third kappa shape index (κ3) is 4.66. The van der Waals surface area contributed by atoms with Crippen LogP contribution >= 0.6 is 23.2 Å². The fourth-order valence-corrected chi connectivity index (χ4v) is 2.54. The zero-order valence-corrected chi connectivity index (χ0v) is 13.3. The minimum absolute atomic E-state index is 0.159. The number of aryl methyl sites for hydroxylation is 2. The van der Waals surface area contributed by atoms with E-state index in [0.717, 1.165) is 11.3 Å². The van der Waals surface area contributed by atoms with Crippen molar-refractivity contribution in [3.8, 4) is 0 Å². The third-order valence-corrected chi connectivity index (χ3v) is 3.40. The van der Waals surface area contributed by atoms with Gasteiger partial charge < -0.3 is 10.6 Å². The number of hydrogen-bond donors (Lipinski definition) is 2. The summed E-state index contributed by atoms with van der Waals surface area (Å²) in [5, 5.41) is 6.84. The fourth-order valence-electron chi connectivity index (χ4n) is 2.02. The molecule has 2 rings (SSSR count). The molecule has 0 heterocycles. The number of anilines is 2. The molecule has 0 bridgehead atoms. The second kappa shape index (κ2) is 6.83. The number of rotatable bonds is 4. The fraction of sp³-hybridized carbons (Fsp3) is 0.188. The van der Waals surface area contributed by atoms with Crippen molar-refractivity contribution in [1.29, 1.82) is 0 Å². The van der Waals surface area contributed by atoms with Gasteiger partial charge in [0.1, 0.15) is 0 Å². The standard InChI is InChI=1S/C16H16Cl2N2O/c1-10-3-4-15(11(2)5-10)19-9-16(21)20-14-7-12(17)6-13(18)8-14/h3-8,19H,9H2,1-2H3,(H,20,21). The number of amides is 1. The number of hydrogen-bond acceptors (Lipinski definition) is 2. The van der Waals surface area contributed by atoms with Gasteiger partial charge in [-0.15, -0.1) is 0 Å². The Kier molecular flexibility index (Phi) is 5.10. The first kappa shape index (κ1) is 15.7. The van der Waals surface area contributed by atoms with E-state index in [1.807, 2.05) is 26.0 Å². The molecule has 0 radical (unpaired) electrons. The molecule has 2 aromatic rings. The van der Waals surface area contributed by atoms with E-state index < -0.39 is 0 Å². The summed E-state index contributed by atoms with van der Waals surface area (Å²) in [6.45, 7) is 4.21. The number of carbonyl (C=O) groups is 1. The van der Waals surface area contributed by atoms with Gasteiger partial charge in [0.2, 0.25) is 5.91 Å². The van der Waals surface area contributed by atoms with Crippen molar-refractivity contribution in [1.82, 2.24) is 0 Å². The van der Waals surface area contributed by atoms with Gasteiger partial charge in [0, 0.05) is 21.4 Å². The van der Waals surface area contributed by atoms with E-state index in [9.17, 15) is 4.79 Å². The SMILES string of the molecule is Cc1ccc(NCC(=O)Nc2cc(Cl)cc(Cl)c2)c(C)c1. The normalized spacial score (nSPS) is 10.3. The molecule has 0 unspecified atom stereocenters. The summed E-state index contributed by atoms with van der Waals surface area (Å²) >= 11 is 11.8. The van der Waals surface area contributed by atoms with E-state index >= 15 is 0 Å². The highest BCUT2D eigenvalue weighted by atomic mass is 35.5. The maximum atomic E-state index is 11.9. The van der Waals surface area contributed by atoms with Crippen molar-refractivity contribution in [2.45, 2.75) is 13.8 Å². The lowest BCUT2D eigenvalue weighted by Gasteiger charge is -2.11. The molecule has 0 aliphatic heterocycles. The van der Waals surface area contributed by atoms with E-state index in [1.54, 1.807) is 18.2 Å². The third-order valence-electron chi connectivity index (χ3n) is 2.97. The first-order chi connectivity index (χ1) is 9.94. The van der Waals surface area contributed by atoms with Gasteiger partial charge in [-0.2, -0.15) is 0 Å². The molecule has 0 aliphatic carbocycles. The Balaban J connectivity index is 1.95. The van der Waals surface area contributed by atoms with Crippen LogP contribution in [0.15, 0.2) is 36.4 Å². The summed E-state index contributed by atoms with van der Waals surface area (Å²) in [5.74, 6) is -0.159. The maximum absolute atomic E-state index is 11.9. The molecular weight excluding hydrogens is 307 g/mol. The van der Waals surface area contributed by atoms with Crippen LogP contribution in [0.1, 0.15) is 11.1 Å². The summed E-state index contributed by atoms with van der Waals surface area (Å²) in [6, 6.07) is 11.0. The largest absolute Gasteiger partial charge is 0.376 e. The van der Waals surface area contributed by atoms with Gasteiger partial charge in [0.15, 0.2) is 0 Å². The highest BCUT2D eigenvalue weighted by molar-refractivity contribution is 6.35. The zero-order chi connectivity index (χ0) is 15.4. The van der Waals surface area contributed by atoms with Gasteiger partial charge in [-0.1, -0.05) is 40.9 Å². The van der Waals surface area contributed by atoms with Crippen LogP contribution in [0.2, 0.25) is 10.0 Å². The van der Waals surface area contributed by atoms with E-state index in [-0.39, 0.29) is 12.5 Å². The second-order valence-electron chi connectivity index (χ2n) is 4.88. The molecule has 2 aromatic carbocycles. The summed E-state index contributed by atoms with van der Waals surface area (Å²) in [4.78, 5) is 11.9. The quantitative estimate of drug-likeness (QED) is 0.859. The lowest BCUT2D eigenvalue weighted by Crippen LogP contribution is -2.22. The Morgan fingerprint density at radius 2 is 1.71 bits per heavy atom. The van der Waals surface area contributed by atoms with E-state index in [4.69, 9.17) is 23.2 Å². The number of carbonyl (C=O) groups excluding carboxylic acids is 1. The highest BCUT2D eigenvalue weighted by Gasteiger charge is 2.05. The second-order valence-corrected chi connectivity index (χ2v) is 5.75. The Labute approximate surface area is 134 Å². The summed E-state index contributed by atoms with van der Waals surface area (Å²) in [7, 11) is 0. The molecule has 0 aromatic heterocycles. The lowest BCUT2D eigenvalue weighted by atomic mass is 10.1. The minimum atomic E-state index is -0.159. The molecule has 0 atom stereocenters. The van der Waals surface area contributed by atoms with Crippen LogP contribution in [0.25, 0.3) is 0 Å². The predicted octanol–water partition coefficient (Wildman–Crippen LogP) is 4.66. The van der Waals surface area contributed by atoms with Gasteiger partial charge in [-0.25, -0.2) is 0 Å². The molecule has 5 heteroatoms. The maximum Gasteiger partial charge on any atom is 0.243 e. The molecule has 1 amide bonds. The molecule has 0 aliphatic rings. The number of halogens is 2. The van der Waals surface area contributed by atoms with Gasteiger partial charge in [-0.05, 0) is 43.7 Å². The Morgan fingerprint density at radius 3 is 2.33 bits per heavy atom. The van der Waals surface area contributed by atoms with E-state index in [1.165, 1.54) is 5.56 Å². The Morgan fingerprint density at radius 1 is 1.05 bits per heavy atom. The smallest absolute Gasteiger partial charge is 0.243 e. The first-order valence-electron chi connectivity index (χ1n) is 6.51. The predicted molar refractivity (Wildman–Crippen MR) is 89.5 cm³/mol. The average Bonchev–Trinajstić information content (AvgIpc) is 2.36. The zero-order valence-electron chi connectivity index (χ0n) is 11.8. The molecule has 0 saturated carbocycles. The topological polar surface area (TPSA) is 41.1 Å². The molecule has 3 nitrogen and oxygen atoms in total. The van der Waals surface area contributed by atoms with Crippen molar-refractivity contribution < 1.29 is 4.79 Å². The van der Waals surface area contributed by atoms with Gasteiger partial charge >= 0.3 is 0 Å². The first-order valence-corrected chi connectivity index (χ1v) is 7.27. The molecule has 0 fully saturated rings. The average molecular weight is 323 g/mol. The van der Waals surface area contributed by atoms with Crippen LogP contribution in [-0.4, -0.2) is 12.5 Å². The number of nitrogens with one attached hydrogen (secondary N) is 2. The molecule has 0 spiro atoms. The van der Waals surface area contributed by atoms with Gasteiger partial charge in [0.25, 0.3) is 0 Å². The van der Waals surface area contributed by atoms with Crippen molar-refractivity contribution in [2.75, 3.05) is 17.2 Å². The van der Waals surface area contributed by atoms with Crippen LogP contribution in [0.5, 0.6) is 0 Å². The monoisotopic (exact) mass is 322 g/mol. The molecule has 0 saturated heterocycles. The molecular formula is C16H16Cl2N2O. The van der Waals surface area contributed by atoms with Crippen LogP contribution in [0.3, 0.4) is 0 Å². The summed E-state index contributed by atoms with van der Waals surface area (Å²) in [6.07, 6.45) is 0. The highest BCUT2D eigenvalue weighted by Crippen LogP contribution is 2.22. The molecule has 2 N–H and O–H groups in total. The van der Waals surface area contributed by atoms with Crippen molar-refractivity contribution in [3.63, 3.8) is 0 Å². The minimum Gasteiger partial charge on any atom is -0.376 e. The van der Waals surface area contributed by atoms with Crippen LogP contribution in [0, 0.1) is 13.8 Å². The van der Waals surface area contributed by atoms with Crippen molar-refractivity contribution in [3.05, 3.63) is 57.6 Å². The summed E-state index contributed by atoms with van der Waals surface area (Å²) in [5.41, 5.74) is 3.82. The molecule has 110 valence electrons. The van der Waals surface area contributed by atoms with Gasteiger partial charge in [0.05, 0.1) is 6.54 Å². The van der Waals surface area contributed by atoms with Crippen molar-refractivity contribution in [2.24, 2.45) is 0 Å². The molecule has 21 heavy (non-hydrogen) atoms. The Hall–Kier alpha value is -1.71. The lowest BCUT2D eigenvalue weighted by molar-refractivity contribution is -0.114. The van der Waals surface area contributed by atoms with Gasteiger partial charge in [-0.3, -0.25) is 4.79 Å². The van der Waals surface area contributed by atoms with E-state index in [2.05, 4.69) is 16.7 Å². The van der Waals surface area contributed by atoms with Crippen molar-refractivity contribution >= 4 is 40.5 Å². The summed E-state index contributed by atoms with van der Waals surface area (Å²) < 4.78 is 0. The van der Waals surface area contributed by atoms with Crippen LogP contribution < -0.4 is 10.6 Å². The van der Waals surface area contributed by atoms with Crippen LogP contribution in [0.4, 0.5) is 11.4 Å².